The molecule has 19 heavy (non-hydrogen) atoms. The van der Waals surface area contributed by atoms with Gasteiger partial charge in [-0.1, -0.05) is 56.8 Å². The fourth-order valence-electron chi connectivity index (χ4n) is 1.80. The van der Waals surface area contributed by atoms with Crippen LogP contribution in [0.4, 0.5) is 0 Å². The summed E-state index contributed by atoms with van der Waals surface area (Å²) in [6.45, 7) is 0. The second-order valence-electron chi connectivity index (χ2n) is 4.09. The third-order valence-electron chi connectivity index (χ3n) is 2.78. The maximum Gasteiger partial charge on any atom is 0.0842 e. The molecule has 2 aromatic carbocycles. The van der Waals surface area contributed by atoms with E-state index in [2.05, 4.69) is 15.9 Å². The Kier molecular flexibility index (Phi) is 5.15. The van der Waals surface area contributed by atoms with Crippen LogP contribution in [0.15, 0.2) is 40.9 Å². The molecule has 1 atom stereocenters. The van der Waals surface area contributed by atoms with Gasteiger partial charge in [0.2, 0.25) is 0 Å². The van der Waals surface area contributed by atoms with Gasteiger partial charge in [-0.15, -0.1) is 0 Å². The summed E-state index contributed by atoms with van der Waals surface area (Å²) in [6, 6.07) is 10.6. The van der Waals surface area contributed by atoms with Crippen molar-refractivity contribution in [1.82, 2.24) is 0 Å². The first-order chi connectivity index (χ1) is 8.99. The summed E-state index contributed by atoms with van der Waals surface area (Å²) >= 11 is 21.5. The molecule has 0 spiro atoms. The van der Waals surface area contributed by atoms with E-state index in [1.165, 1.54) is 0 Å². The lowest BCUT2D eigenvalue weighted by Crippen LogP contribution is -2.04. The molecule has 0 saturated carbocycles. The summed E-state index contributed by atoms with van der Waals surface area (Å²) in [6.07, 6.45) is -0.400. The molecule has 5 heteroatoms. The number of benzene rings is 2. The van der Waals surface area contributed by atoms with Crippen molar-refractivity contribution >= 4 is 50.7 Å². The minimum Gasteiger partial charge on any atom is -0.388 e. The van der Waals surface area contributed by atoms with Crippen molar-refractivity contribution in [2.24, 2.45) is 0 Å². The minimum atomic E-state index is -0.731. The number of hydrogen-bond donors (Lipinski definition) is 1. The first-order valence-electron chi connectivity index (χ1n) is 5.55. The Morgan fingerprint density at radius 2 is 1.68 bits per heavy atom. The first-order valence-corrected chi connectivity index (χ1v) is 7.47. The number of hydrogen-bond acceptors (Lipinski definition) is 1. The van der Waals surface area contributed by atoms with E-state index >= 15 is 0 Å². The molecule has 0 fully saturated rings. The monoisotopic (exact) mass is 378 g/mol. The van der Waals surface area contributed by atoms with Crippen LogP contribution in [0.3, 0.4) is 0 Å². The molecule has 0 heterocycles. The fraction of sp³-hybridized carbons (Fsp3) is 0.143. The Morgan fingerprint density at radius 1 is 1.05 bits per heavy atom. The van der Waals surface area contributed by atoms with Gasteiger partial charge in [0.1, 0.15) is 0 Å². The van der Waals surface area contributed by atoms with Gasteiger partial charge in [0.15, 0.2) is 0 Å². The number of aliphatic hydroxyl groups excluding tert-OH is 1. The average molecular weight is 380 g/mol. The molecule has 0 saturated heterocycles. The Balaban J connectivity index is 2.31. The molecular formula is C14H10BrCl3O. The molecule has 1 nitrogen and oxygen atoms in total. The highest BCUT2D eigenvalue weighted by Gasteiger charge is 2.16. The van der Waals surface area contributed by atoms with E-state index in [-0.39, 0.29) is 0 Å². The second-order valence-corrected chi connectivity index (χ2v) is 6.19. The van der Waals surface area contributed by atoms with E-state index in [0.717, 1.165) is 10.0 Å². The van der Waals surface area contributed by atoms with Crippen LogP contribution in [-0.2, 0) is 6.42 Å². The van der Waals surface area contributed by atoms with Gasteiger partial charge >= 0.3 is 0 Å². The van der Waals surface area contributed by atoms with Crippen molar-refractivity contribution < 1.29 is 5.11 Å². The van der Waals surface area contributed by atoms with E-state index in [1.807, 2.05) is 0 Å². The van der Waals surface area contributed by atoms with E-state index in [1.54, 1.807) is 36.4 Å². The van der Waals surface area contributed by atoms with Gasteiger partial charge in [0, 0.05) is 26.0 Å². The zero-order valence-corrected chi connectivity index (χ0v) is 13.6. The summed E-state index contributed by atoms with van der Waals surface area (Å²) in [4.78, 5) is 0. The van der Waals surface area contributed by atoms with Gasteiger partial charge in [0.25, 0.3) is 0 Å². The van der Waals surface area contributed by atoms with Crippen LogP contribution >= 0.6 is 50.7 Å². The summed E-state index contributed by atoms with van der Waals surface area (Å²) < 4.78 is 0.799. The van der Waals surface area contributed by atoms with E-state index in [0.29, 0.717) is 27.1 Å². The van der Waals surface area contributed by atoms with E-state index < -0.39 is 6.10 Å². The van der Waals surface area contributed by atoms with Gasteiger partial charge in [-0.2, -0.15) is 0 Å². The highest BCUT2D eigenvalue weighted by molar-refractivity contribution is 9.10. The Morgan fingerprint density at radius 3 is 2.32 bits per heavy atom. The Bertz CT molecular complexity index is 581. The topological polar surface area (TPSA) is 20.2 Å². The molecule has 0 amide bonds. The lowest BCUT2D eigenvalue weighted by molar-refractivity contribution is 0.177. The number of rotatable bonds is 3. The quantitative estimate of drug-likeness (QED) is 0.726. The van der Waals surface area contributed by atoms with Gasteiger partial charge in [-0.3, -0.25) is 0 Å². The summed E-state index contributed by atoms with van der Waals surface area (Å²) in [5.41, 5.74) is 1.44. The molecule has 0 aromatic heterocycles. The fourth-order valence-corrected chi connectivity index (χ4v) is 3.04. The van der Waals surface area contributed by atoms with Crippen molar-refractivity contribution in [3.05, 3.63) is 67.1 Å². The number of aliphatic hydroxyl groups is 1. The molecule has 100 valence electrons. The zero-order chi connectivity index (χ0) is 14.0. The number of halogens is 4. The molecule has 1 unspecified atom stereocenters. The SMILES string of the molecule is OC(Cc1c(Cl)cccc1Cl)c1cc(Cl)ccc1Br. The molecule has 0 radical (unpaired) electrons. The van der Waals surface area contributed by atoms with E-state index in [9.17, 15) is 5.11 Å². The Hall–Kier alpha value is -0.250. The highest BCUT2D eigenvalue weighted by Crippen LogP contribution is 2.33. The van der Waals surface area contributed by atoms with E-state index in [4.69, 9.17) is 34.8 Å². The van der Waals surface area contributed by atoms with Crippen LogP contribution in [0.1, 0.15) is 17.2 Å². The maximum atomic E-state index is 10.3. The van der Waals surface area contributed by atoms with Crippen LogP contribution in [-0.4, -0.2) is 5.11 Å². The normalized spacial score (nSPS) is 12.5. The maximum absolute atomic E-state index is 10.3. The third-order valence-corrected chi connectivity index (χ3v) is 4.44. The van der Waals surface area contributed by atoms with Crippen molar-refractivity contribution in [2.75, 3.05) is 0 Å². The van der Waals surface area contributed by atoms with Crippen molar-refractivity contribution in [3.63, 3.8) is 0 Å². The lowest BCUT2D eigenvalue weighted by atomic mass is 10.0. The molecule has 0 aliphatic heterocycles. The molecule has 1 N–H and O–H groups in total. The standard InChI is InChI=1S/C14H10BrCl3O/c15-11-5-4-8(16)6-9(11)14(19)7-10-12(17)2-1-3-13(10)18/h1-6,14,19H,7H2. The molecule has 0 aliphatic rings. The van der Waals surface area contributed by atoms with Crippen molar-refractivity contribution in [2.45, 2.75) is 12.5 Å². The summed E-state index contributed by atoms with van der Waals surface area (Å²) in [5, 5.41) is 12.0. The van der Waals surface area contributed by atoms with Crippen LogP contribution in [0.5, 0.6) is 0 Å². The predicted molar refractivity (Wildman–Crippen MR) is 84.3 cm³/mol. The van der Waals surface area contributed by atoms with Gasteiger partial charge in [-0.05, 0) is 41.5 Å². The van der Waals surface area contributed by atoms with Gasteiger partial charge in [-0.25, -0.2) is 0 Å². The molecule has 0 bridgehead atoms. The zero-order valence-electron chi connectivity index (χ0n) is 9.71. The van der Waals surface area contributed by atoms with Gasteiger partial charge < -0.3 is 5.11 Å². The largest absolute Gasteiger partial charge is 0.388 e. The smallest absolute Gasteiger partial charge is 0.0842 e. The first kappa shape index (κ1) is 15.1. The highest BCUT2D eigenvalue weighted by atomic mass is 79.9. The van der Waals surface area contributed by atoms with Gasteiger partial charge in [0.05, 0.1) is 6.10 Å². The van der Waals surface area contributed by atoms with Crippen LogP contribution in [0, 0.1) is 0 Å². The predicted octanol–water partition coefficient (Wildman–Crippen LogP) is 5.69. The van der Waals surface area contributed by atoms with Crippen molar-refractivity contribution in [1.29, 1.82) is 0 Å². The molecule has 0 aliphatic carbocycles. The van der Waals surface area contributed by atoms with Crippen LogP contribution in [0.2, 0.25) is 15.1 Å². The molecule has 2 aromatic rings. The Labute approximate surface area is 135 Å². The lowest BCUT2D eigenvalue weighted by Gasteiger charge is -2.15. The average Bonchev–Trinajstić information content (AvgIpc) is 2.37. The van der Waals surface area contributed by atoms with Crippen molar-refractivity contribution in [3.8, 4) is 0 Å². The summed E-state index contributed by atoms with van der Waals surface area (Å²) in [5.74, 6) is 0. The second kappa shape index (κ2) is 6.47. The third kappa shape index (κ3) is 3.65. The molecule has 2 rings (SSSR count). The van der Waals surface area contributed by atoms with Crippen LogP contribution in [0.25, 0.3) is 0 Å². The van der Waals surface area contributed by atoms with Crippen LogP contribution < -0.4 is 0 Å². The summed E-state index contributed by atoms with van der Waals surface area (Å²) in [7, 11) is 0. The molecular weight excluding hydrogens is 370 g/mol. The minimum absolute atomic E-state index is 0.331.